The summed E-state index contributed by atoms with van der Waals surface area (Å²) in [5.41, 5.74) is 1.46. The lowest BCUT2D eigenvalue weighted by Crippen LogP contribution is -2.58. The van der Waals surface area contributed by atoms with Crippen LogP contribution in [0.25, 0.3) is 0 Å². The van der Waals surface area contributed by atoms with E-state index in [0.717, 1.165) is 0 Å². The number of ketones is 1. The van der Waals surface area contributed by atoms with Gasteiger partial charge in [-0.1, -0.05) is 30.3 Å². The first kappa shape index (κ1) is 13.1. The minimum atomic E-state index is -1.29. The van der Waals surface area contributed by atoms with Crippen LogP contribution in [0, 0.1) is 0 Å². The molecule has 0 aliphatic heterocycles. The molecule has 0 fully saturated rings. The fraction of sp³-hybridized carbons (Fsp3) is 0.273. The van der Waals surface area contributed by atoms with Gasteiger partial charge in [-0.05, 0) is 6.92 Å². The van der Waals surface area contributed by atoms with Crippen LogP contribution in [-0.2, 0) is 0 Å². The molecule has 0 unspecified atom stereocenters. The second-order valence-corrected chi connectivity index (χ2v) is 3.84. The molecule has 0 saturated heterocycles. The molecule has 0 bridgehead atoms. The Morgan fingerprint density at radius 2 is 1.94 bits per heavy atom. The van der Waals surface area contributed by atoms with Gasteiger partial charge in [-0.25, -0.2) is 4.79 Å². The first-order valence-electron chi connectivity index (χ1n) is 5.04. The van der Waals surface area contributed by atoms with Crippen LogP contribution in [-0.4, -0.2) is 29.1 Å². The van der Waals surface area contributed by atoms with E-state index in [1.165, 1.54) is 6.92 Å². The lowest BCUT2D eigenvalue weighted by Gasteiger charge is -2.27. The molecule has 0 saturated carbocycles. The Morgan fingerprint density at radius 3 is 2.41 bits per heavy atom. The van der Waals surface area contributed by atoms with Gasteiger partial charge in [-0.3, -0.25) is 16.1 Å². The minimum absolute atomic E-state index is 0.00697. The number of nitrogens with two attached hydrogens (primary N) is 1. The van der Waals surface area contributed by atoms with Gasteiger partial charge < -0.3 is 10.4 Å². The Labute approximate surface area is 98.8 Å². The van der Waals surface area contributed by atoms with Crippen LogP contribution in [0.3, 0.4) is 0 Å². The topological polar surface area (TPSA) is 104 Å². The van der Waals surface area contributed by atoms with Gasteiger partial charge in [0.25, 0.3) is 0 Å². The van der Waals surface area contributed by atoms with Crippen LogP contribution in [0.5, 0.6) is 0 Å². The van der Waals surface area contributed by atoms with E-state index in [1.807, 2.05) is 0 Å². The van der Waals surface area contributed by atoms with Crippen molar-refractivity contribution in [1.29, 1.82) is 0 Å². The lowest BCUT2D eigenvalue weighted by atomic mass is 9.91. The fourth-order valence-electron chi connectivity index (χ4n) is 1.53. The van der Waals surface area contributed by atoms with Gasteiger partial charge in [0.2, 0.25) is 0 Å². The van der Waals surface area contributed by atoms with Gasteiger partial charge in [-0.2, -0.15) is 0 Å². The molecule has 0 aliphatic carbocycles. The zero-order chi connectivity index (χ0) is 12.9. The van der Waals surface area contributed by atoms with Gasteiger partial charge >= 0.3 is 6.09 Å². The Morgan fingerprint density at radius 1 is 1.35 bits per heavy atom. The van der Waals surface area contributed by atoms with Gasteiger partial charge in [0.05, 0.1) is 0 Å². The van der Waals surface area contributed by atoms with E-state index in [0.29, 0.717) is 5.56 Å². The molecule has 0 aromatic heterocycles. The standard InChI is InChI=1S/C11H15N3O3/c1-11(7-13-12,14-10(16)17)9(15)8-5-3-2-4-6-8/h2-6,13-14H,7,12H2,1H3,(H,16,17)/t11-/m1/s1. The van der Waals surface area contributed by atoms with Crippen molar-refractivity contribution in [1.82, 2.24) is 10.7 Å². The summed E-state index contributed by atoms with van der Waals surface area (Å²) in [7, 11) is 0. The molecule has 6 heteroatoms. The average molecular weight is 237 g/mol. The number of Topliss-reactive ketones (excluding diaryl/α,β-unsaturated/α-hetero) is 1. The van der Waals surface area contributed by atoms with E-state index >= 15 is 0 Å². The van der Waals surface area contributed by atoms with Gasteiger partial charge in [-0.15, -0.1) is 0 Å². The van der Waals surface area contributed by atoms with E-state index in [9.17, 15) is 9.59 Å². The predicted molar refractivity (Wildman–Crippen MR) is 62.5 cm³/mol. The van der Waals surface area contributed by atoms with E-state index < -0.39 is 11.6 Å². The minimum Gasteiger partial charge on any atom is -0.465 e. The van der Waals surface area contributed by atoms with Crippen molar-refractivity contribution >= 4 is 11.9 Å². The normalized spacial score (nSPS) is 13.8. The molecule has 1 amide bonds. The van der Waals surface area contributed by atoms with Crippen molar-refractivity contribution in [2.75, 3.05) is 6.54 Å². The molecule has 1 rings (SSSR count). The second kappa shape index (κ2) is 5.42. The molecule has 17 heavy (non-hydrogen) atoms. The van der Waals surface area contributed by atoms with Crippen LogP contribution in [0.2, 0.25) is 0 Å². The third kappa shape index (κ3) is 3.27. The van der Waals surface area contributed by atoms with Crippen molar-refractivity contribution in [2.45, 2.75) is 12.5 Å². The summed E-state index contributed by atoms with van der Waals surface area (Å²) in [6.45, 7) is 1.49. The van der Waals surface area contributed by atoms with Crippen LogP contribution in [0.15, 0.2) is 30.3 Å². The summed E-state index contributed by atoms with van der Waals surface area (Å²) in [5.74, 6) is 4.84. The van der Waals surface area contributed by atoms with Crippen LogP contribution < -0.4 is 16.6 Å². The SMILES string of the molecule is C[C@](CNN)(NC(=O)O)C(=O)c1ccccc1. The number of hydrogen-bond donors (Lipinski definition) is 4. The number of hydrazine groups is 1. The first-order valence-corrected chi connectivity index (χ1v) is 5.04. The van der Waals surface area contributed by atoms with Gasteiger partial charge in [0.15, 0.2) is 5.78 Å². The molecule has 0 heterocycles. The average Bonchev–Trinajstić information content (AvgIpc) is 2.28. The third-order valence-electron chi connectivity index (χ3n) is 2.38. The highest BCUT2D eigenvalue weighted by atomic mass is 16.4. The number of rotatable bonds is 5. The number of carboxylic acid groups (broad SMARTS) is 1. The smallest absolute Gasteiger partial charge is 0.405 e. The van der Waals surface area contributed by atoms with Crippen molar-refractivity contribution < 1.29 is 14.7 Å². The van der Waals surface area contributed by atoms with E-state index in [4.69, 9.17) is 10.9 Å². The molecule has 1 aromatic carbocycles. The molecule has 6 nitrogen and oxygen atoms in total. The van der Waals surface area contributed by atoms with Crippen molar-refractivity contribution in [3.63, 3.8) is 0 Å². The Hall–Kier alpha value is -1.92. The van der Waals surface area contributed by atoms with E-state index in [-0.39, 0.29) is 12.3 Å². The number of carbonyl (C=O) groups excluding carboxylic acids is 1. The van der Waals surface area contributed by atoms with E-state index in [1.54, 1.807) is 30.3 Å². The third-order valence-corrected chi connectivity index (χ3v) is 2.38. The monoisotopic (exact) mass is 237 g/mol. The summed E-state index contributed by atoms with van der Waals surface area (Å²) < 4.78 is 0. The van der Waals surface area contributed by atoms with E-state index in [2.05, 4.69) is 10.7 Å². The van der Waals surface area contributed by atoms with Gasteiger partial charge in [0, 0.05) is 12.1 Å². The van der Waals surface area contributed by atoms with Gasteiger partial charge in [0.1, 0.15) is 5.54 Å². The van der Waals surface area contributed by atoms with Crippen molar-refractivity contribution in [3.8, 4) is 0 Å². The van der Waals surface area contributed by atoms with Crippen molar-refractivity contribution in [3.05, 3.63) is 35.9 Å². The van der Waals surface area contributed by atoms with Crippen molar-refractivity contribution in [2.24, 2.45) is 5.84 Å². The number of amides is 1. The second-order valence-electron chi connectivity index (χ2n) is 3.84. The molecule has 5 N–H and O–H groups in total. The Bertz CT molecular complexity index is 408. The number of benzene rings is 1. The quantitative estimate of drug-likeness (QED) is 0.336. The molecule has 1 atom stereocenters. The maximum absolute atomic E-state index is 12.2. The highest BCUT2D eigenvalue weighted by molar-refractivity contribution is 6.04. The summed E-state index contributed by atoms with van der Waals surface area (Å²) >= 11 is 0. The Kier molecular flexibility index (Phi) is 4.19. The molecular formula is C11H15N3O3. The maximum Gasteiger partial charge on any atom is 0.405 e. The fourth-order valence-corrected chi connectivity index (χ4v) is 1.53. The lowest BCUT2D eigenvalue weighted by molar-refractivity contribution is 0.0856. The highest BCUT2D eigenvalue weighted by Gasteiger charge is 2.35. The zero-order valence-corrected chi connectivity index (χ0v) is 9.43. The summed E-state index contributed by atoms with van der Waals surface area (Å²) in [5, 5.41) is 10.9. The van der Waals surface area contributed by atoms with Crippen LogP contribution >= 0.6 is 0 Å². The molecule has 92 valence electrons. The number of carbonyl (C=O) groups is 2. The van der Waals surface area contributed by atoms with Crippen LogP contribution in [0.1, 0.15) is 17.3 Å². The number of nitrogens with one attached hydrogen (secondary N) is 2. The summed E-state index contributed by atoms with van der Waals surface area (Å²) in [4.78, 5) is 22.9. The first-order chi connectivity index (χ1) is 7.99. The molecule has 0 aliphatic rings. The summed E-state index contributed by atoms with van der Waals surface area (Å²) in [6, 6.07) is 8.45. The summed E-state index contributed by atoms with van der Waals surface area (Å²) in [6.07, 6.45) is -1.27. The zero-order valence-electron chi connectivity index (χ0n) is 9.43. The Balaban J connectivity index is 2.98. The molecular weight excluding hydrogens is 222 g/mol. The number of hydrogen-bond acceptors (Lipinski definition) is 4. The molecule has 1 aromatic rings. The maximum atomic E-state index is 12.2. The predicted octanol–water partition coefficient (Wildman–Crippen LogP) is 0.359. The van der Waals surface area contributed by atoms with Crippen LogP contribution in [0.4, 0.5) is 4.79 Å². The molecule has 0 radical (unpaired) electrons. The molecule has 0 spiro atoms. The largest absolute Gasteiger partial charge is 0.465 e. The highest BCUT2D eigenvalue weighted by Crippen LogP contribution is 2.12.